The van der Waals surface area contributed by atoms with Gasteiger partial charge in [-0.05, 0) is 37.5 Å². The topological polar surface area (TPSA) is 58.6 Å². The molecule has 2 amide bonds. The zero-order valence-electron chi connectivity index (χ0n) is 16.8. The number of para-hydroxylation sites is 1. The van der Waals surface area contributed by atoms with Crippen molar-refractivity contribution in [2.24, 2.45) is 0 Å². The monoisotopic (exact) mass is 382 g/mol. The molecule has 0 aromatic heterocycles. The summed E-state index contributed by atoms with van der Waals surface area (Å²) in [6.07, 6.45) is 1.52. The molecule has 2 aromatic carbocycles. The minimum Gasteiger partial charge on any atom is -0.494 e. The van der Waals surface area contributed by atoms with Crippen molar-refractivity contribution < 1.29 is 14.3 Å². The predicted octanol–water partition coefficient (Wildman–Crippen LogP) is 3.79. The maximum atomic E-state index is 13.0. The van der Waals surface area contributed by atoms with Gasteiger partial charge in [-0.1, -0.05) is 55.5 Å². The number of ether oxygens (including phenoxy) is 1. The minimum absolute atomic E-state index is 0.0291. The second kappa shape index (κ2) is 11.8. The van der Waals surface area contributed by atoms with Gasteiger partial charge in [0.25, 0.3) is 0 Å². The summed E-state index contributed by atoms with van der Waals surface area (Å²) < 4.78 is 5.68. The Balaban J connectivity index is 1.99. The van der Waals surface area contributed by atoms with Crippen LogP contribution in [-0.2, 0) is 16.1 Å². The average molecular weight is 383 g/mol. The molecule has 0 fully saturated rings. The first-order valence-corrected chi connectivity index (χ1v) is 9.94. The number of carbonyl (C=O) groups is 2. The van der Waals surface area contributed by atoms with Crippen molar-refractivity contribution in [3.05, 3.63) is 66.2 Å². The van der Waals surface area contributed by atoms with Gasteiger partial charge in [0, 0.05) is 19.5 Å². The van der Waals surface area contributed by atoms with Crippen molar-refractivity contribution in [3.8, 4) is 5.75 Å². The summed E-state index contributed by atoms with van der Waals surface area (Å²) in [6.45, 7) is 5.26. The van der Waals surface area contributed by atoms with Gasteiger partial charge >= 0.3 is 0 Å². The van der Waals surface area contributed by atoms with Gasteiger partial charge in [-0.15, -0.1) is 0 Å². The van der Waals surface area contributed by atoms with Crippen molar-refractivity contribution in [2.45, 2.75) is 45.7 Å². The molecule has 0 aliphatic heterocycles. The molecular weight excluding hydrogens is 352 g/mol. The van der Waals surface area contributed by atoms with Gasteiger partial charge in [-0.25, -0.2) is 0 Å². The highest BCUT2D eigenvalue weighted by molar-refractivity contribution is 5.87. The van der Waals surface area contributed by atoms with Crippen molar-refractivity contribution in [1.82, 2.24) is 10.2 Å². The van der Waals surface area contributed by atoms with Crippen LogP contribution < -0.4 is 10.1 Å². The fourth-order valence-electron chi connectivity index (χ4n) is 3.07. The molecule has 1 N–H and O–H groups in total. The quantitative estimate of drug-likeness (QED) is 0.602. The Labute approximate surface area is 167 Å². The Morgan fingerprint density at radius 2 is 1.64 bits per heavy atom. The molecule has 2 aromatic rings. The van der Waals surface area contributed by atoms with E-state index in [0.717, 1.165) is 11.3 Å². The fourth-order valence-corrected chi connectivity index (χ4v) is 3.07. The van der Waals surface area contributed by atoms with Gasteiger partial charge in [0.1, 0.15) is 11.8 Å². The molecule has 0 heterocycles. The number of hydrogen-bond acceptors (Lipinski definition) is 3. The van der Waals surface area contributed by atoms with Crippen molar-refractivity contribution in [1.29, 1.82) is 0 Å². The number of rotatable bonds is 11. The van der Waals surface area contributed by atoms with E-state index in [1.165, 1.54) is 0 Å². The Morgan fingerprint density at radius 1 is 1.00 bits per heavy atom. The van der Waals surface area contributed by atoms with Crippen LogP contribution in [0.2, 0.25) is 0 Å². The van der Waals surface area contributed by atoms with Crippen molar-refractivity contribution in [3.63, 3.8) is 0 Å². The van der Waals surface area contributed by atoms with E-state index in [-0.39, 0.29) is 11.8 Å². The van der Waals surface area contributed by atoms with Crippen molar-refractivity contribution in [2.75, 3.05) is 13.2 Å². The summed E-state index contributed by atoms with van der Waals surface area (Å²) in [4.78, 5) is 27.2. The lowest BCUT2D eigenvalue weighted by Crippen LogP contribution is -2.49. The first-order valence-electron chi connectivity index (χ1n) is 9.94. The molecule has 28 heavy (non-hydrogen) atoms. The van der Waals surface area contributed by atoms with Crippen LogP contribution in [-0.4, -0.2) is 35.9 Å². The zero-order chi connectivity index (χ0) is 20.2. The van der Waals surface area contributed by atoms with Gasteiger partial charge in [-0.3, -0.25) is 9.59 Å². The number of carbonyl (C=O) groups excluding carboxylic acids is 2. The molecule has 5 heteroatoms. The van der Waals surface area contributed by atoms with Crippen molar-refractivity contribution >= 4 is 11.8 Å². The van der Waals surface area contributed by atoms with Gasteiger partial charge in [0.2, 0.25) is 11.8 Å². The summed E-state index contributed by atoms with van der Waals surface area (Å²) in [5.41, 5.74) is 1.01. The highest BCUT2D eigenvalue weighted by Crippen LogP contribution is 2.15. The average Bonchev–Trinajstić information content (AvgIpc) is 2.72. The summed E-state index contributed by atoms with van der Waals surface area (Å²) >= 11 is 0. The number of hydrogen-bond donors (Lipinski definition) is 1. The van der Waals surface area contributed by atoms with Crippen LogP contribution in [0.3, 0.4) is 0 Å². The van der Waals surface area contributed by atoms with Gasteiger partial charge in [0.15, 0.2) is 0 Å². The lowest BCUT2D eigenvalue weighted by molar-refractivity contribution is -0.141. The second-order valence-corrected chi connectivity index (χ2v) is 6.59. The van der Waals surface area contributed by atoms with E-state index in [1.807, 2.05) is 74.5 Å². The Hall–Kier alpha value is -2.82. The molecule has 0 saturated heterocycles. The molecule has 0 bridgehead atoms. The number of amides is 2. The molecule has 1 atom stereocenters. The van der Waals surface area contributed by atoms with Gasteiger partial charge < -0.3 is 15.0 Å². The van der Waals surface area contributed by atoms with E-state index in [4.69, 9.17) is 4.74 Å². The first-order chi connectivity index (χ1) is 13.7. The Bertz CT molecular complexity index is 719. The summed E-state index contributed by atoms with van der Waals surface area (Å²) in [7, 11) is 0. The summed E-state index contributed by atoms with van der Waals surface area (Å²) in [6, 6.07) is 18.9. The first kappa shape index (κ1) is 21.5. The molecule has 0 aliphatic carbocycles. The van der Waals surface area contributed by atoms with E-state index < -0.39 is 6.04 Å². The predicted molar refractivity (Wildman–Crippen MR) is 111 cm³/mol. The van der Waals surface area contributed by atoms with Gasteiger partial charge in [-0.2, -0.15) is 0 Å². The van der Waals surface area contributed by atoms with E-state index in [1.54, 1.807) is 4.90 Å². The molecule has 2 rings (SSSR count). The van der Waals surface area contributed by atoms with Crippen LogP contribution in [0.1, 0.15) is 38.7 Å². The number of nitrogens with one attached hydrogen (secondary N) is 1. The smallest absolute Gasteiger partial charge is 0.242 e. The van der Waals surface area contributed by atoms with Crippen LogP contribution in [0.5, 0.6) is 5.75 Å². The molecule has 0 spiro atoms. The highest BCUT2D eigenvalue weighted by atomic mass is 16.5. The van der Waals surface area contributed by atoms with Crippen LogP contribution in [0.15, 0.2) is 60.7 Å². The standard InChI is InChI=1S/C23H30N2O3/c1-3-21(23(27)24-4-2)25(18-19-12-7-5-8-13-19)22(26)16-11-17-28-20-14-9-6-10-15-20/h5-10,12-15,21H,3-4,11,16-18H2,1-2H3,(H,24,27)/t21-/m1/s1. The second-order valence-electron chi connectivity index (χ2n) is 6.59. The number of benzene rings is 2. The van der Waals surface area contributed by atoms with Gasteiger partial charge in [0.05, 0.1) is 6.61 Å². The number of nitrogens with zero attached hydrogens (tertiary/aromatic N) is 1. The van der Waals surface area contributed by atoms with E-state index in [9.17, 15) is 9.59 Å². The summed E-state index contributed by atoms with van der Waals surface area (Å²) in [5, 5.41) is 2.85. The normalized spacial score (nSPS) is 11.5. The van der Waals surface area contributed by atoms with Crippen LogP contribution in [0, 0.1) is 0 Å². The van der Waals surface area contributed by atoms with Crippen LogP contribution in [0.25, 0.3) is 0 Å². The van der Waals surface area contributed by atoms with E-state index in [0.29, 0.717) is 39.0 Å². The third kappa shape index (κ3) is 6.72. The maximum Gasteiger partial charge on any atom is 0.242 e. The largest absolute Gasteiger partial charge is 0.494 e. The molecule has 0 radical (unpaired) electrons. The molecule has 150 valence electrons. The molecule has 0 aliphatic rings. The van der Waals surface area contributed by atoms with E-state index in [2.05, 4.69) is 5.32 Å². The molecule has 0 saturated carbocycles. The zero-order valence-corrected chi connectivity index (χ0v) is 16.8. The minimum atomic E-state index is -0.470. The maximum absolute atomic E-state index is 13.0. The highest BCUT2D eigenvalue weighted by Gasteiger charge is 2.27. The Morgan fingerprint density at radius 3 is 2.25 bits per heavy atom. The third-order valence-electron chi connectivity index (χ3n) is 4.48. The Kier molecular flexibility index (Phi) is 9.05. The fraction of sp³-hybridized carbons (Fsp3) is 0.391. The summed E-state index contributed by atoms with van der Waals surface area (Å²) in [5.74, 6) is 0.665. The number of likely N-dealkylation sites (N-methyl/N-ethyl adjacent to an activating group) is 1. The lowest BCUT2D eigenvalue weighted by atomic mass is 10.1. The third-order valence-corrected chi connectivity index (χ3v) is 4.48. The molecule has 0 unspecified atom stereocenters. The molecule has 5 nitrogen and oxygen atoms in total. The SMILES string of the molecule is CCNC(=O)[C@@H](CC)N(Cc1ccccc1)C(=O)CCCOc1ccccc1. The van der Waals surface area contributed by atoms with E-state index >= 15 is 0 Å². The van der Waals surface area contributed by atoms with Crippen LogP contribution in [0.4, 0.5) is 0 Å². The molecular formula is C23H30N2O3. The van der Waals surface area contributed by atoms with Crippen LogP contribution >= 0.6 is 0 Å². The lowest BCUT2D eigenvalue weighted by Gasteiger charge is -2.30.